The largest absolute Gasteiger partial charge is 0.391 e. The molecular formula is C16H13F2N3O4. The highest BCUT2D eigenvalue weighted by molar-refractivity contribution is 5.62. The van der Waals surface area contributed by atoms with Crippen LogP contribution in [0.1, 0.15) is 6.23 Å². The van der Waals surface area contributed by atoms with Crippen LogP contribution < -0.4 is 5.69 Å². The van der Waals surface area contributed by atoms with E-state index >= 15 is 0 Å². The first-order valence-corrected chi connectivity index (χ1v) is 7.50. The zero-order valence-corrected chi connectivity index (χ0v) is 12.8. The molecule has 7 nitrogen and oxygen atoms in total. The lowest BCUT2D eigenvalue weighted by atomic mass is 10.2. The fraction of sp³-hybridized carbons (Fsp3) is 0.250. The Kier molecular flexibility index (Phi) is 3.83. The van der Waals surface area contributed by atoms with Crippen LogP contribution in [0.2, 0.25) is 0 Å². The van der Waals surface area contributed by atoms with Crippen LogP contribution in [0.15, 0.2) is 41.5 Å². The van der Waals surface area contributed by atoms with Crippen LogP contribution in [-0.2, 0) is 9.47 Å². The fourth-order valence-electron chi connectivity index (χ4n) is 2.71. The van der Waals surface area contributed by atoms with Crippen LogP contribution >= 0.6 is 0 Å². The number of halogens is 2. The summed E-state index contributed by atoms with van der Waals surface area (Å²) in [5.74, 6) is -1.12. The summed E-state index contributed by atoms with van der Waals surface area (Å²) < 4.78 is 40.0. The quantitative estimate of drug-likeness (QED) is 0.771. The first-order chi connectivity index (χ1) is 12.1. The van der Waals surface area contributed by atoms with Crippen molar-refractivity contribution in [2.24, 2.45) is 0 Å². The van der Waals surface area contributed by atoms with Crippen molar-refractivity contribution in [2.45, 2.75) is 12.5 Å². The highest BCUT2D eigenvalue weighted by atomic mass is 19.1. The molecule has 3 heterocycles. The number of nitrogens with zero attached hydrogens (tertiary/aromatic N) is 3. The minimum Gasteiger partial charge on any atom is -0.391 e. The van der Waals surface area contributed by atoms with Gasteiger partial charge in [-0.05, 0) is 24.3 Å². The number of hydrogen-bond acceptors (Lipinski definition) is 5. The van der Waals surface area contributed by atoms with Crippen LogP contribution in [0.5, 0.6) is 0 Å². The second-order valence-corrected chi connectivity index (χ2v) is 5.53. The first kappa shape index (κ1) is 15.9. The number of ether oxygens (including phenoxy) is 2. The molecule has 1 aromatic carbocycles. The Labute approximate surface area is 139 Å². The summed E-state index contributed by atoms with van der Waals surface area (Å²) in [6.07, 6.45) is 0.671. The Balaban J connectivity index is 1.80. The molecule has 0 bridgehead atoms. The second-order valence-electron chi connectivity index (χ2n) is 5.53. The van der Waals surface area contributed by atoms with Crippen molar-refractivity contribution < 1.29 is 23.4 Å². The third-order valence-electron chi connectivity index (χ3n) is 3.93. The molecular weight excluding hydrogens is 336 g/mol. The number of imidazole rings is 1. The van der Waals surface area contributed by atoms with Crippen molar-refractivity contribution in [2.75, 3.05) is 13.2 Å². The van der Waals surface area contributed by atoms with Gasteiger partial charge in [-0.15, -0.1) is 0 Å². The van der Waals surface area contributed by atoms with Crippen molar-refractivity contribution in [1.29, 1.82) is 0 Å². The van der Waals surface area contributed by atoms with Gasteiger partial charge in [0.05, 0.1) is 25.1 Å². The average Bonchev–Trinajstić information content (AvgIpc) is 3.26. The van der Waals surface area contributed by atoms with Crippen LogP contribution in [0, 0.1) is 11.6 Å². The zero-order chi connectivity index (χ0) is 17.6. The second kappa shape index (κ2) is 6.03. The van der Waals surface area contributed by atoms with Crippen molar-refractivity contribution >= 4 is 5.65 Å². The molecule has 9 heteroatoms. The molecule has 4 rings (SSSR count). The van der Waals surface area contributed by atoms with Gasteiger partial charge >= 0.3 is 5.69 Å². The highest BCUT2D eigenvalue weighted by Gasteiger charge is 2.28. The minimum atomic E-state index is -0.853. The van der Waals surface area contributed by atoms with E-state index in [4.69, 9.17) is 14.6 Å². The molecule has 0 saturated carbocycles. The number of aromatic nitrogens is 3. The van der Waals surface area contributed by atoms with Gasteiger partial charge in [0.15, 0.2) is 24.0 Å². The van der Waals surface area contributed by atoms with E-state index in [2.05, 4.69) is 4.98 Å². The van der Waals surface area contributed by atoms with E-state index in [0.29, 0.717) is 11.3 Å². The fourth-order valence-corrected chi connectivity index (χ4v) is 2.71. The Morgan fingerprint density at radius 3 is 2.68 bits per heavy atom. The average molecular weight is 349 g/mol. The Morgan fingerprint density at radius 2 is 2.00 bits per heavy atom. The molecule has 2 aromatic heterocycles. The number of hydrogen-bond donors (Lipinski definition) is 1. The van der Waals surface area contributed by atoms with Gasteiger partial charge in [-0.1, -0.05) is 0 Å². The van der Waals surface area contributed by atoms with Gasteiger partial charge in [-0.3, -0.25) is 4.57 Å². The van der Waals surface area contributed by atoms with E-state index in [-0.39, 0.29) is 18.9 Å². The van der Waals surface area contributed by atoms with Crippen LogP contribution in [-0.4, -0.2) is 38.6 Å². The molecule has 0 aliphatic carbocycles. The van der Waals surface area contributed by atoms with Gasteiger partial charge in [-0.2, -0.15) is 0 Å². The highest BCUT2D eigenvalue weighted by Crippen LogP contribution is 2.22. The van der Waals surface area contributed by atoms with Gasteiger partial charge in [-0.25, -0.2) is 23.0 Å². The smallest absolute Gasteiger partial charge is 0.336 e. The van der Waals surface area contributed by atoms with Crippen LogP contribution in [0.4, 0.5) is 8.78 Å². The van der Waals surface area contributed by atoms with Gasteiger partial charge in [0.1, 0.15) is 5.82 Å². The summed E-state index contributed by atoms with van der Waals surface area (Å²) >= 11 is 0. The lowest BCUT2D eigenvalue weighted by molar-refractivity contribution is -0.0994. The zero-order valence-electron chi connectivity index (χ0n) is 12.8. The summed E-state index contributed by atoms with van der Waals surface area (Å²) in [5.41, 5.74) is 0.185. The van der Waals surface area contributed by atoms with E-state index in [1.54, 1.807) is 0 Å². The normalized spacial score (nSPS) is 20.4. The van der Waals surface area contributed by atoms with E-state index < -0.39 is 29.8 Å². The van der Waals surface area contributed by atoms with Crippen molar-refractivity contribution in [1.82, 2.24) is 14.0 Å². The molecule has 1 saturated heterocycles. The van der Waals surface area contributed by atoms with Gasteiger partial charge < -0.3 is 14.6 Å². The monoisotopic (exact) mass is 349 g/mol. The maximum Gasteiger partial charge on any atom is 0.336 e. The maximum absolute atomic E-state index is 14.4. The van der Waals surface area contributed by atoms with E-state index in [1.165, 1.54) is 30.5 Å². The topological polar surface area (TPSA) is 78.0 Å². The Morgan fingerprint density at radius 1 is 1.24 bits per heavy atom. The van der Waals surface area contributed by atoms with Gasteiger partial charge in [0.25, 0.3) is 0 Å². The standard InChI is InChI=1S/C16H13F2N3O4/c17-10-3-1-9(2-4-10)12-6-21-15(19-12)11(18)5-20(16(21)23)13-8-24-14(7-22)25-13/h1-6,13-14,22H,7-8H2/t13-,14+/m1/s1. The number of aliphatic hydroxyl groups excluding tert-OH is 1. The number of rotatable bonds is 3. The van der Waals surface area contributed by atoms with E-state index in [0.717, 1.165) is 15.2 Å². The SMILES string of the molecule is O=c1n([C@H]2CO[C@H](CO)O2)cc(F)c2nc(-c3ccc(F)cc3)cn12. The molecule has 2 atom stereocenters. The molecule has 1 aliphatic heterocycles. The summed E-state index contributed by atoms with van der Waals surface area (Å²) in [7, 11) is 0. The summed E-state index contributed by atoms with van der Waals surface area (Å²) in [4.78, 5) is 16.7. The predicted octanol–water partition coefficient (Wildman–Crippen LogP) is 1.30. The molecule has 1 aliphatic rings. The Bertz CT molecular complexity index is 983. The molecule has 130 valence electrons. The molecule has 25 heavy (non-hydrogen) atoms. The van der Waals surface area contributed by atoms with Crippen LogP contribution in [0.25, 0.3) is 16.9 Å². The number of aliphatic hydroxyl groups is 1. The minimum absolute atomic E-state index is 0.00952. The summed E-state index contributed by atoms with van der Waals surface area (Å²) in [5, 5.41) is 9.02. The molecule has 0 spiro atoms. The van der Waals surface area contributed by atoms with E-state index in [1.807, 2.05) is 0 Å². The third kappa shape index (κ3) is 2.72. The van der Waals surface area contributed by atoms with Crippen molar-refractivity contribution in [3.8, 4) is 11.3 Å². The first-order valence-electron chi connectivity index (χ1n) is 7.50. The van der Waals surface area contributed by atoms with Gasteiger partial charge in [0, 0.05) is 11.8 Å². The molecule has 1 N–H and O–H groups in total. The van der Waals surface area contributed by atoms with Crippen LogP contribution in [0.3, 0.4) is 0 Å². The summed E-state index contributed by atoms with van der Waals surface area (Å²) in [6, 6.07) is 5.50. The lowest BCUT2D eigenvalue weighted by Crippen LogP contribution is -2.31. The molecule has 1 fully saturated rings. The van der Waals surface area contributed by atoms with E-state index in [9.17, 15) is 13.6 Å². The maximum atomic E-state index is 14.4. The van der Waals surface area contributed by atoms with Crippen molar-refractivity contribution in [3.63, 3.8) is 0 Å². The van der Waals surface area contributed by atoms with Crippen molar-refractivity contribution in [3.05, 3.63) is 58.8 Å². The number of fused-ring (bicyclic) bond motifs is 1. The lowest BCUT2D eigenvalue weighted by Gasteiger charge is -2.13. The molecule has 0 amide bonds. The Hall–Kier alpha value is -2.62. The third-order valence-corrected chi connectivity index (χ3v) is 3.93. The van der Waals surface area contributed by atoms with Gasteiger partial charge in [0.2, 0.25) is 0 Å². The molecule has 0 radical (unpaired) electrons. The summed E-state index contributed by atoms with van der Waals surface area (Å²) in [6.45, 7) is -0.356. The number of benzene rings is 1. The predicted molar refractivity (Wildman–Crippen MR) is 81.8 cm³/mol. The molecule has 0 unspecified atom stereocenters. The molecule has 3 aromatic rings.